The van der Waals surface area contributed by atoms with Crippen molar-refractivity contribution in [2.24, 2.45) is 5.73 Å². The predicted octanol–water partition coefficient (Wildman–Crippen LogP) is 5.21. The number of aryl methyl sites for hydroxylation is 2. The molecule has 2 heterocycles. The van der Waals surface area contributed by atoms with Crippen LogP contribution in [-0.2, 0) is 16.6 Å². The van der Waals surface area contributed by atoms with Gasteiger partial charge in [-0.05, 0) is 76.4 Å². The quantitative estimate of drug-likeness (QED) is 0.445. The van der Waals surface area contributed by atoms with Gasteiger partial charge in [-0.15, -0.1) is 11.3 Å². The maximum Gasteiger partial charge on any atom is 0.230 e. The summed E-state index contributed by atoms with van der Waals surface area (Å²) in [6.45, 7) is 11.7. The van der Waals surface area contributed by atoms with Crippen LogP contribution in [0.15, 0.2) is 24.3 Å². The fourth-order valence-electron chi connectivity index (χ4n) is 3.82. The van der Waals surface area contributed by atoms with E-state index in [0.717, 1.165) is 41.2 Å². The first-order valence-electron chi connectivity index (χ1n) is 10.5. The smallest absolute Gasteiger partial charge is 0.230 e. The maximum absolute atomic E-state index is 12.8. The van der Waals surface area contributed by atoms with Crippen LogP contribution < -0.4 is 11.1 Å². The Morgan fingerprint density at radius 1 is 1.17 bits per heavy atom. The van der Waals surface area contributed by atoms with E-state index in [2.05, 4.69) is 55.3 Å². The van der Waals surface area contributed by atoms with Gasteiger partial charge in [-0.3, -0.25) is 4.79 Å². The van der Waals surface area contributed by atoms with Crippen molar-refractivity contribution < 1.29 is 4.79 Å². The molecule has 5 heteroatoms. The van der Waals surface area contributed by atoms with Crippen LogP contribution in [-0.4, -0.2) is 24.0 Å². The molecule has 29 heavy (non-hydrogen) atoms. The third-order valence-corrected chi connectivity index (χ3v) is 6.88. The van der Waals surface area contributed by atoms with Crippen molar-refractivity contribution in [1.29, 1.82) is 0 Å². The molecule has 4 N–H and O–H groups in total. The predicted molar refractivity (Wildman–Crippen MR) is 125 cm³/mol. The molecule has 0 unspecified atom stereocenters. The number of hydrogen-bond acceptors (Lipinski definition) is 3. The van der Waals surface area contributed by atoms with Gasteiger partial charge in [0.25, 0.3) is 0 Å². The van der Waals surface area contributed by atoms with Crippen LogP contribution in [0.2, 0.25) is 0 Å². The van der Waals surface area contributed by atoms with Crippen LogP contribution in [0.4, 0.5) is 0 Å². The fraction of sp³-hybridized carbons (Fsp3) is 0.458. The van der Waals surface area contributed by atoms with Gasteiger partial charge >= 0.3 is 0 Å². The monoisotopic (exact) mass is 411 g/mol. The number of nitrogens with two attached hydrogens (primary N) is 1. The number of rotatable bonds is 8. The van der Waals surface area contributed by atoms with Gasteiger partial charge < -0.3 is 16.0 Å². The molecule has 0 fully saturated rings. The molecule has 0 saturated heterocycles. The largest absolute Gasteiger partial charge is 0.355 e. The van der Waals surface area contributed by atoms with Gasteiger partial charge in [0.05, 0.1) is 11.1 Å². The topological polar surface area (TPSA) is 70.9 Å². The number of unbranched alkanes of at least 4 members (excludes halogenated alkanes) is 1. The van der Waals surface area contributed by atoms with E-state index in [0.29, 0.717) is 6.54 Å². The summed E-state index contributed by atoms with van der Waals surface area (Å²) in [6.07, 6.45) is 2.89. The van der Waals surface area contributed by atoms with Crippen LogP contribution in [0.5, 0.6) is 0 Å². The Morgan fingerprint density at radius 3 is 2.48 bits per heavy atom. The first-order valence-corrected chi connectivity index (χ1v) is 11.3. The van der Waals surface area contributed by atoms with Gasteiger partial charge in [-0.2, -0.15) is 0 Å². The molecule has 1 aromatic carbocycles. The number of nitrogens with one attached hydrogen (secondary N) is 2. The van der Waals surface area contributed by atoms with Gasteiger partial charge in [0.2, 0.25) is 5.91 Å². The molecule has 3 aromatic rings. The summed E-state index contributed by atoms with van der Waals surface area (Å²) in [5.74, 6) is 0.0877. The van der Waals surface area contributed by atoms with E-state index in [1.54, 1.807) is 11.3 Å². The molecule has 0 spiro atoms. The number of benzene rings is 1. The van der Waals surface area contributed by atoms with Crippen molar-refractivity contribution in [2.75, 3.05) is 13.1 Å². The Balaban J connectivity index is 2.01. The van der Waals surface area contributed by atoms with E-state index >= 15 is 0 Å². The number of aromatic nitrogens is 1. The lowest BCUT2D eigenvalue weighted by atomic mass is 9.89. The first kappa shape index (κ1) is 21.6. The molecule has 0 radical (unpaired) electrons. The third-order valence-electron chi connectivity index (χ3n) is 5.50. The highest BCUT2D eigenvalue weighted by Gasteiger charge is 2.32. The Kier molecular flexibility index (Phi) is 6.49. The molecule has 0 atom stereocenters. The molecule has 0 aliphatic rings. The average Bonchev–Trinajstić information content (AvgIpc) is 3.21. The number of amides is 1. The van der Waals surface area contributed by atoms with Crippen molar-refractivity contribution in [3.05, 3.63) is 45.8 Å². The van der Waals surface area contributed by atoms with Gasteiger partial charge in [0, 0.05) is 16.8 Å². The van der Waals surface area contributed by atoms with Crippen LogP contribution in [0, 0.1) is 13.8 Å². The van der Waals surface area contributed by atoms with Gasteiger partial charge in [0.1, 0.15) is 4.83 Å². The number of H-pyrrole nitrogens is 1. The summed E-state index contributed by atoms with van der Waals surface area (Å²) in [5, 5.41) is 4.28. The summed E-state index contributed by atoms with van der Waals surface area (Å²) in [5.41, 5.74) is 11.5. The Morgan fingerprint density at radius 2 is 1.86 bits per heavy atom. The van der Waals surface area contributed by atoms with E-state index in [-0.39, 0.29) is 5.91 Å². The summed E-state index contributed by atoms with van der Waals surface area (Å²) in [4.78, 5) is 18.6. The number of aromatic amines is 1. The van der Waals surface area contributed by atoms with E-state index in [4.69, 9.17) is 5.73 Å². The number of hydrogen-bond donors (Lipinski definition) is 3. The molecule has 0 saturated carbocycles. The van der Waals surface area contributed by atoms with Crippen molar-refractivity contribution in [3.8, 4) is 11.3 Å². The maximum atomic E-state index is 12.8. The molecule has 4 nitrogen and oxygen atoms in total. The second kappa shape index (κ2) is 8.72. The summed E-state index contributed by atoms with van der Waals surface area (Å²) >= 11 is 1.68. The molecular weight excluding hydrogens is 378 g/mol. The minimum Gasteiger partial charge on any atom is -0.355 e. The highest BCUT2D eigenvalue weighted by atomic mass is 32.1. The zero-order chi connectivity index (χ0) is 21.2. The van der Waals surface area contributed by atoms with Crippen molar-refractivity contribution in [1.82, 2.24) is 10.3 Å². The van der Waals surface area contributed by atoms with E-state index < -0.39 is 5.41 Å². The molecule has 0 bridgehead atoms. The molecule has 0 aliphatic heterocycles. The van der Waals surface area contributed by atoms with E-state index in [1.807, 2.05) is 13.8 Å². The average molecular weight is 412 g/mol. The number of fused-ring (bicyclic) bond motifs is 1. The lowest BCUT2D eigenvalue weighted by Gasteiger charge is -2.22. The zero-order valence-corrected chi connectivity index (χ0v) is 19.1. The highest BCUT2D eigenvalue weighted by molar-refractivity contribution is 7.19. The van der Waals surface area contributed by atoms with Crippen molar-refractivity contribution in [2.45, 2.75) is 59.3 Å². The highest BCUT2D eigenvalue weighted by Crippen LogP contribution is 2.40. The lowest BCUT2D eigenvalue weighted by Crippen LogP contribution is -2.39. The van der Waals surface area contributed by atoms with Gasteiger partial charge in [-0.25, -0.2) is 0 Å². The van der Waals surface area contributed by atoms with Crippen LogP contribution in [0.25, 0.3) is 21.5 Å². The minimum atomic E-state index is -0.557. The van der Waals surface area contributed by atoms with E-state index in [1.165, 1.54) is 27.6 Å². The van der Waals surface area contributed by atoms with Gasteiger partial charge in [0.15, 0.2) is 0 Å². The Labute approximate surface area is 177 Å². The van der Waals surface area contributed by atoms with E-state index in [9.17, 15) is 4.79 Å². The first-order chi connectivity index (χ1) is 13.8. The van der Waals surface area contributed by atoms with Crippen molar-refractivity contribution >= 4 is 27.5 Å². The lowest BCUT2D eigenvalue weighted by molar-refractivity contribution is -0.125. The van der Waals surface area contributed by atoms with Crippen LogP contribution in [0.3, 0.4) is 0 Å². The molecule has 1 amide bonds. The molecule has 2 aromatic heterocycles. The second-order valence-electron chi connectivity index (χ2n) is 8.48. The number of carbonyl (C=O) groups excluding carboxylic acids is 1. The number of thiophene rings is 1. The summed E-state index contributed by atoms with van der Waals surface area (Å²) in [6, 6.07) is 8.81. The normalized spacial score (nSPS) is 11.9. The summed E-state index contributed by atoms with van der Waals surface area (Å²) in [7, 11) is 0. The van der Waals surface area contributed by atoms with Crippen LogP contribution >= 0.6 is 11.3 Å². The molecular formula is C24H33N3OS. The zero-order valence-electron chi connectivity index (χ0n) is 18.2. The summed E-state index contributed by atoms with van der Waals surface area (Å²) < 4.78 is 0. The SMILES string of the molecule is CCCCNC(=O)C(C)(C)c1cc2c(CCN)c(-c3cc(C)cc(C)c3)[nH]c2s1. The fourth-order valence-corrected chi connectivity index (χ4v) is 5.01. The molecule has 156 valence electrons. The van der Waals surface area contributed by atoms with Gasteiger partial charge in [-0.1, -0.05) is 30.5 Å². The third kappa shape index (κ3) is 4.41. The molecule has 3 rings (SSSR count). The number of carbonyl (C=O) groups is 1. The van der Waals surface area contributed by atoms with Crippen LogP contribution in [0.1, 0.15) is 55.2 Å². The Bertz CT molecular complexity index is 992. The minimum absolute atomic E-state index is 0.0877. The van der Waals surface area contributed by atoms with Crippen molar-refractivity contribution in [3.63, 3.8) is 0 Å². The Hall–Kier alpha value is -2.11. The molecule has 0 aliphatic carbocycles. The standard InChI is InChI=1S/C24H33N3OS/c1-6-7-10-26-23(28)24(4,5)20-14-19-18(8-9-25)21(27-22(19)29-20)17-12-15(2)11-16(3)13-17/h11-14,27H,6-10,25H2,1-5H3,(H,26,28). The second-order valence-corrected chi connectivity index (χ2v) is 9.53.